The largest absolute Gasteiger partial charge is 0.465 e. The van der Waals surface area contributed by atoms with Crippen molar-refractivity contribution in [2.24, 2.45) is 5.41 Å². The summed E-state index contributed by atoms with van der Waals surface area (Å²) in [5.41, 5.74) is 0.311. The first-order valence-corrected chi connectivity index (χ1v) is 4.49. The minimum absolute atomic E-state index is 0.172. The Morgan fingerprint density at radius 1 is 1.58 bits per heavy atom. The van der Waals surface area contributed by atoms with Gasteiger partial charge >= 0.3 is 6.09 Å². The van der Waals surface area contributed by atoms with E-state index in [0.29, 0.717) is 5.41 Å². The second kappa shape index (κ2) is 3.33. The van der Waals surface area contributed by atoms with Crippen LogP contribution in [-0.2, 0) is 0 Å². The Kier molecular flexibility index (Phi) is 2.60. The normalized spacial score (nSPS) is 28.0. The molecule has 1 atom stereocenters. The molecular weight excluding hydrogens is 154 g/mol. The lowest BCUT2D eigenvalue weighted by Crippen LogP contribution is -2.39. The first kappa shape index (κ1) is 9.36. The van der Waals surface area contributed by atoms with Gasteiger partial charge in [0.25, 0.3) is 0 Å². The smallest absolute Gasteiger partial charge is 0.404 e. The Morgan fingerprint density at radius 3 is 2.75 bits per heavy atom. The molecule has 0 bridgehead atoms. The summed E-state index contributed by atoms with van der Waals surface area (Å²) in [7, 11) is 0. The second-order valence-corrected chi connectivity index (χ2v) is 4.41. The monoisotopic (exact) mass is 171 g/mol. The van der Waals surface area contributed by atoms with Gasteiger partial charge in [-0.05, 0) is 24.7 Å². The van der Waals surface area contributed by atoms with E-state index in [-0.39, 0.29) is 6.04 Å². The molecule has 1 aliphatic rings. The molecule has 3 heteroatoms. The van der Waals surface area contributed by atoms with Crippen molar-refractivity contribution in [2.45, 2.75) is 45.6 Å². The molecule has 12 heavy (non-hydrogen) atoms. The molecule has 0 spiro atoms. The van der Waals surface area contributed by atoms with E-state index in [4.69, 9.17) is 5.11 Å². The van der Waals surface area contributed by atoms with Crippen LogP contribution in [0.1, 0.15) is 39.5 Å². The van der Waals surface area contributed by atoms with Crippen molar-refractivity contribution in [1.29, 1.82) is 0 Å². The Bertz CT molecular complexity index is 177. The summed E-state index contributed by atoms with van der Waals surface area (Å²) in [6.07, 6.45) is 3.43. The number of amides is 1. The van der Waals surface area contributed by atoms with Crippen molar-refractivity contribution >= 4 is 6.09 Å². The van der Waals surface area contributed by atoms with Crippen LogP contribution in [0.2, 0.25) is 0 Å². The van der Waals surface area contributed by atoms with E-state index in [1.54, 1.807) is 0 Å². The van der Waals surface area contributed by atoms with Gasteiger partial charge in [-0.15, -0.1) is 0 Å². The molecule has 0 heterocycles. The van der Waals surface area contributed by atoms with E-state index in [1.807, 2.05) is 0 Å². The summed E-state index contributed by atoms with van der Waals surface area (Å²) >= 11 is 0. The SMILES string of the molecule is CC1(C)CCC[C@@H](NC(=O)O)C1. The molecule has 3 nitrogen and oxygen atoms in total. The summed E-state index contributed by atoms with van der Waals surface area (Å²) in [6, 6.07) is 0.172. The quantitative estimate of drug-likeness (QED) is 0.635. The highest BCUT2D eigenvalue weighted by atomic mass is 16.4. The molecule has 0 aromatic rings. The molecule has 70 valence electrons. The van der Waals surface area contributed by atoms with Crippen molar-refractivity contribution in [2.75, 3.05) is 0 Å². The topological polar surface area (TPSA) is 49.3 Å². The Morgan fingerprint density at radius 2 is 2.25 bits per heavy atom. The van der Waals surface area contributed by atoms with Crippen molar-refractivity contribution in [3.63, 3.8) is 0 Å². The summed E-state index contributed by atoms with van der Waals surface area (Å²) in [5, 5.41) is 11.1. The minimum Gasteiger partial charge on any atom is -0.465 e. The lowest BCUT2D eigenvalue weighted by Gasteiger charge is -2.34. The second-order valence-electron chi connectivity index (χ2n) is 4.41. The lowest BCUT2D eigenvalue weighted by molar-refractivity contribution is 0.165. The third-order valence-corrected chi connectivity index (χ3v) is 2.53. The van der Waals surface area contributed by atoms with Crippen LogP contribution in [0, 0.1) is 5.41 Å². The number of rotatable bonds is 1. The molecule has 0 saturated heterocycles. The van der Waals surface area contributed by atoms with Crippen LogP contribution in [-0.4, -0.2) is 17.2 Å². The molecule has 1 fully saturated rings. The molecule has 0 aromatic heterocycles. The van der Waals surface area contributed by atoms with Crippen molar-refractivity contribution < 1.29 is 9.90 Å². The summed E-state index contributed by atoms with van der Waals surface area (Å²) in [5.74, 6) is 0. The molecule has 0 aromatic carbocycles. The average molecular weight is 171 g/mol. The van der Waals surface area contributed by atoms with Crippen LogP contribution >= 0.6 is 0 Å². The van der Waals surface area contributed by atoms with Crippen LogP contribution in [0.5, 0.6) is 0 Å². The third-order valence-electron chi connectivity index (χ3n) is 2.53. The molecule has 1 aliphatic carbocycles. The minimum atomic E-state index is -0.891. The van der Waals surface area contributed by atoms with Gasteiger partial charge in [-0.2, -0.15) is 0 Å². The van der Waals surface area contributed by atoms with E-state index in [2.05, 4.69) is 19.2 Å². The number of nitrogens with one attached hydrogen (secondary N) is 1. The number of carboxylic acid groups (broad SMARTS) is 1. The Balaban J connectivity index is 2.41. The van der Waals surface area contributed by atoms with E-state index >= 15 is 0 Å². The molecule has 2 N–H and O–H groups in total. The third kappa shape index (κ3) is 2.72. The van der Waals surface area contributed by atoms with Crippen LogP contribution in [0.15, 0.2) is 0 Å². The van der Waals surface area contributed by atoms with E-state index in [1.165, 1.54) is 6.42 Å². The maximum absolute atomic E-state index is 10.4. The first-order chi connectivity index (χ1) is 5.49. The van der Waals surface area contributed by atoms with Gasteiger partial charge < -0.3 is 10.4 Å². The van der Waals surface area contributed by atoms with Crippen LogP contribution in [0.25, 0.3) is 0 Å². The molecule has 0 unspecified atom stereocenters. The zero-order valence-electron chi connectivity index (χ0n) is 7.76. The van der Waals surface area contributed by atoms with E-state index in [9.17, 15) is 4.79 Å². The Labute approximate surface area is 73.2 Å². The van der Waals surface area contributed by atoms with Gasteiger partial charge in [0, 0.05) is 6.04 Å². The van der Waals surface area contributed by atoms with Gasteiger partial charge in [0.05, 0.1) is 0 Å². The predicted molar refractivity (Wildman–Crippen MR) is 47.2 cm³/mol. The molecule has 1 saturated carbocycles. The highest BCUT2D eigenvalue weighted by Crippen LogP contribution is 2.34. The highest BCUT2D eigenvalue weighted by molar-refractivity contribution is 5.64. The molecule has 0 radical (unpaired) electrons. The summed E-state index contributed by atoms with van der Waals surface area (Å²) < 4.78 is 0. The average Bonchev–Trinajstić information content (AvgIpc) is 1.82. The molecular formula is C9H17NO2. The lowest BCUT2D eigenvalue weighted by atomic mass is 9.75. The number of hydrogen-bond donors (Lipinski definition) is 2. The van der Waals surface area contributed by atoms with Gasteiger partial charge in [-0.1, -0.05) is 20.3 Å². The van der Waals surface area contributed by atoms with Crippen molar-refractivity contribution in [3.05, 3.63) is 0 Å². The summed E-state index contributed by atoms with van der Waals surface area (Å²) in [4.78, 5) is 10.4. The van der Waals surface area contributed by atoms with E-state index < -0.39 is 6.09 Å². The predicted octanol–water partition coefficient (Wildman–Crippen LogP) is 2.22. The fourth-order valence-electron chi connectivity index (χ4n) is 2.00. The maximum atomic E-state index is 10.4. The zero-order valence-corrected chi connectivity index (χ0v) is 7.76. The van der Waals surface area contributed by atoms with E-state index in [0.717, 1.165) is 19.3 Å². The van der Waals surface area contributed by atoms with Crippen molar-refractivity contribution in [1.82, 2.24) is 5.32 Å². The fraction of sp³-hybridized carbons (Fsp3) is 0.889. The first-order valence-electron chi connectivity index (χ1n) is 4.49. The molecule has 0 aliphatic heterocycles. The van der Waals surface area contributed by atoms with Gasteiger partial charge in [0.2, 0.25) is 0 Å². The fourth-order valence-corrected chi connectivity index (χ4v) is 2.00. The Hall–Kier alpha value is -0.730. The molecule has 1 amide bonds. The highest BCUT2D eigenvalue weighted by Gasteiger charge is 2.28. The van der Waals surface area contributed by atoms with Crippen LogP contribution in [0.3, 0.4) is 0 Å². The van der Waals surface area contributed by atoms with Crippen LogP contribution < -0.4 is 5.32 Å². The number of carbonyl (C=O) groups is 1. The van der Waals surface area contributed by atoms with Crippen LogP contribution in [0.4, 0.5) is 4.79 Å². The molecule has 1 rings (SSSR count). The van der Waals surface area contributed by atoms with Gasteiger partial charge in [0.15, 0.2) is 0 Å². The van der Waals surface area contributed by atoms with Crippen molar-refractivity contribution in [3.8, 4) is 0 Å². The van der Waals surface area contributed by atoms with Gasteiger partial charge in [-0.25, -0.2) is 4.79 Å². The number of hydrogen-bond acceptors (Lipinski definition) is 1. The standard InChI is InChI=1S/C9H17NO2/c1-9(2)5-3-4-7(6-9)10-8(11)12/h7,10H,3-6H2,1-2H3,(H,11,12)/t7-/m1/s1. The van der Waals surface area contributed by atoms with Gasteiger partial charge in [-0.3, -0.25) is 0 Å². The summed E-state index contributed by atoms with van der Waals surface area (Å²) in [6.45, 7) is 4.39. The maximum Gasteiger partial charge on any atom is 0.404 e. The van der Waals surface area contributed by atoms with Gasteiger partial charge in [0.1, 0.15) is 0 Å². The zero-order chi connectivity index (χ0) is 9.19.